The number of aryl methyl sites for hydroxylation is 3. The maximum atomic E-state index is 12.8. The van der Waals surface area contributed by atoms with Crippen molar-refractivity contribution in [3.8, 4) is 0 Å². The third-order valence-corrected chi connectivity index (χ3v) is 5.63. The largest absolute Gasteiger partial charge is 0.360 e. The van der Waals surface area contributed by atoms with Crippen LogP contribution < -0.4 is 5.32 Å². The average Bonchev–Trinajstić information content (AvgIpc) is 3.28. The summed E-state index contributed by atoms with van der Waals surface area (Å²) >= 11 is 1.58. The topological polar surface area (TPSA) is 55.1 Å². The van der Waals surface area contributed by atoms with Gasteiger partial charge in [-0.2, -0.15) is 0 Å². The molecule has 26 heavy (non-hydrogen) atoms. The molecule has 1 aliphatic carbocycles. The lowest BCUT2D eigenvalue weighted by Gasteiger charge is -2.10. The molecule has 0 aliphatic heterocycles. The molecule has 5 heteroatoms. The van der Waals surface area contributed by atoms with Gasteiger partial charge in [0.1, 0.15) is 5.76 Å². The summed E-state index contributed by atoms with van der Waals surface area (Å²) in [5.74, 6) is 1.37. The van der Waals surface area contributed by atoms with Crippen LogP contribution >= 0.6 is 11.8 Å². The van der Waals surface area contributed by atoms with Crippen molar-refractivity contribution in [2.24, 2.45) is 0 Å². The number of carbonyl (C=O) groups is 1. The van der Waals surface area contributed by atoms with Crippen molar-refractivity contribution in [2.45, 2.75) is 36.8 Å². The zero-order valence-electron chi connectivity index (χ0n) is 14.6. The second-order valence-corrected chi connectivity index (χ2v) is 7.53. The molecule has 0 saturated heterocycles. The Morgan fingerprint density at radius 2 is 2.00 bits per heavy atom. The van der Waals surface area contributed by atoms with Crippen molar-refractivity contribution in [1.82, 2.24) is 5.16 Å². The van der Waals surface area contributed by atoms with Crippen molar-refractivity contribution in [3.63, 3.8) is 0 Å². The van der Waals surface area contributed by atoms with Gasteiger partial charge < -0.3 is 9.84 Å². The lowest BCUT2D eigenvalue weighted by Crippen LogP contribution is -2.13. The van der Waals surface area contributed by atoms with Crippen molar-refractivity contribution < 1.29 is 9.32 Å². The van der Waals surface area contributed by atoms with Crippen molar-refractivity contribution in [1.29, 1.82) is 0 Å². The number of thioether (sulfide) groups is 1. The van der Waals surface area contributed by atoms with Gasteiger partial charge in [0.05, 0.1) is 17.0 Å². The van der Waals surface area contributed by atoms with Crippen LogP contribution in [-0.2, 0) is 18.6 Å². The molecule has 3 aromatic rings. The number of rotatable bonds is 5. The van der Waals surface area contributed by atoms with Crippen LogP contribution in [-0.4, -0.2) is 11.1 Å². The van der Waals surface area contributed by atoms with Gasteiger partial charge in [-0.25, -0.2) is 0 Å². The van der Waals surface area contributed by atoms with Crippen LogP contribution in [0.1, 0.15) is 39.4 Å². The van der Waals surface area contributed by atoms with Crippen LogP contribution in [0.25, 0.3) is 0 Å². The number of nitrogens with one attached hydrogen (secondary N) is 1. The average molecular weight is 364 g/mol. The van der Waals surface area contributed by atoms with Gasteiger partial charge in [0.15, 0.2) is 0 Å². The van der Waals surface area contributed by atoms with E-state index in [1.807, 2.05) is 43.3 Å². The van der Waals surface area contributed by atoms with Crippen LogP contribution in [0.15, 0.2) is 57.9 Å². The molecule has 0 saturated carbocycles. The molecule has 0 radical (unpaired) electrons. The number of aromatic nitrogens is 1. The molecular weight excluding hydrogens is 344 g/mol. The van der Waals surface area contributed by atoms with Gasteiger partial charge in [-0.05, 0) is 61.6 Å². The monoisotopic (exact) mass is 364 g/mol. The summed E-state index contributed by atoms with van der Waals surface area (Å²) in [6, 6.07) is 15.8. The van der Waals surface area contributed by atoms with Crippen LogP contribution in [0.5, 0.6) is 0 Å². The van der Waals surface area contributed by atoms with E-state index in [1.54, 1.807) is 11.8 Å². The first-order valence-corrected chi connectivity index (χ1v) is 9.75. The summed E-state index contributed by atoms with van der Waals surface area (Å²) in [6.07, 6.45) is 3.44. The maximum absolute atomic E-state index is 12.8. The van der Waals surface area contributed by atoms with Gasteiger partial charge in [-0.1, -0.05) is 23.4 Å². The second kappa shape index (κ2) is 7.38. The number of carbonyl (C=O) groups excluding carboxylic acids is 1. The Bertz CT molecular complexity index is 949. The highest BCUT2D eigenvalue weighted by molar-refractivity contribution is 7.98. The molecule has 0 fully saturated rings. The highest BCUT2D eigenvalue weighted by atomic mass is 32.2. The predicted molar refractivity (Wildman–Crippen MR) is 104 cm³/mol. The van der Waals surface area contributed by atoms with E-state index in [1.165, 1.54) is 17.5 Å². The van der Waals surface area contributed by atoms with E-state index in [2.05, 4.69) is 22.6 Å². The summed E-state index contributed by atoms with van der Waals surface area (Å²) in [6.45, 7) is 1.90. The molecular formula is C21H20N2O2S. The molecule has 1 N–H and O–H groups in total. The highest BCUT2D eigenvalue weighted by Gasteiger charge is 2.15. The summed E-state index contributed by atoms with van der Waals surface area (Å²) in [5.41, 5.74) is 5.16. The van der Waals surface area contributed by atoms with Crippen molar-refractivity contribution >= 4 is 23.4 Å². The molecule has 1 aliphatic rings. The first kappa shape index (κ1) is 16.9. The highest BCUT2D eigenvalue weighted by Crippen LogP contribution is 2.28. The second-order valence-electron chi connectivity index (χ2n) is 6.51. The maximum Gasteiger partial charge on any atom is 0.256 e. The molecule has 0 spiro atoms. The molecule has 0 unspecified atom stereocenters. The summed E-state index contributed by atoms with van der Waals surface area (Å²) in [4.78, 5) is 13.7. The summed E-state index contributed by atoms with van der Waals surface area (Å²) in [5, 5.41) is 6.95. The molecule has 0 bridgehead atoms. The van der Waals surface area contributed by atoms with Gasteiger partial charge in [0, 0.05) is 16.6 Å². The van der Waals surface area contributed by atoms with Crippen LogP contribution in [0.2, 0.25) is 0 Å². The summed E-state index contributed by atoms with van der Waals surface area (Å²) in [7, 11) is 0. The van der Waals surface area contributed by atoms with E-state index in [4.69, 9.17) is 4.52 Å². The Labute approximate surface area is 157 Å². The van der Waals surface area contributed by atoms with Crippen LogP contribution in [0, 0.1) is 6.92 Å². The van der Waals surface area contributed by atoms with Crippen molar-refractivity contribution in [3.05, 3.63) is 76.7 Å². The van der Waals surface area contributed by atoms with Gasteiger partial charge in [0.25, 0.3) is 5.91 Å². The van der Waals surface area contributed by atoms with Crippen molar-refractivity contribution in [2.75, 3.05) is 5.32 Å². The third kappa shape index (κ3) is 3.68. The minimum Gasteiger partial charge on any atom is -0.360 e. The minimum absolute atomic E-state index is 0.0835. The number of anilines is 1. The van der Waals surface area contributed by atoms with Gasteiger partial charge in [-0.15, -0.1) is 11.8 Å². The SMILES string of the molecule is Cc1cc(CSc2ccccc2C(=O)Nc2ccc3c(c2)CCC3)on1. The number of hydrogen-bond acceptors (Lipinski definition) is 4. The number of benzene rings is 2. The number of amides is 1. The zero-order chi connectivity index (χ0) is 17.9. The quantitative estimate of drug-likeness (QED) is 0.646. The molecule has 1 aromatic heterocycles. The van der Waals surface area contributed by atoms with E-state index in [9.17, 15) is 4.79 Å². The zero-order valence-corrected chi connectivity index (χ0v) is 15.4. The first-order valence-electron chi connectivity index (χ1n) is 8.76. The number of hydrogen-bond donors (Lipinski definition) is 1. The predicted octanol–water partition coefficient (Wildman–Crippen LogP) is 5.02. The van der Waals surface area contributed by atoms with E-state index in [0.29, 0.717) is 11.3 Å². The normalized spacial score (nSPS) is 12.8. The lowest BCUT2D eigenvalue weighted by atomic mass is 10.1. The molecule has 1 heterocycles. The molecule has 1 amide bonds. The van der Waals surface area contributed by atoms with E-state index < -0.39 is 0 Å². The fourth-order valence-electron chi connectivity index (χ4n) is 3.26. The Balaban J connectivity index is 1.49. The molecule has 4 rings (SSSR count). The van der Waals surface area contributed by atoms with E-state index >= 15 is 0 Å². The third-order valence-electron chi connectivity index (χ3n) is 4.53. The molecule has 4 nitrogen and oxygen atoms in total. The van der Waals surface area contributed by atoms with Gasteiger partial charge in [0.2, 0.25) is 0 Å². The van der Waals surface area contributed by atoms with E-state index in [-0.39, 0.29) is 5.91 Å². The smallest absolute Gasteiger partial charge is 0.256 e. The Kier molecular flexibility index (Phi) is 4.80. The molecule has 0 atom stereocenters. The minimum atomic E-state index is -0.0835. The Morgan fingerprint density at radius 3 is 2.85 bits per heavy atom. The summed E-state index contributed by atoms with van der Waals surface area (Å²) < 4.78 is 5.25. The number of nitrogens with zero attached hydrogens (tertiary/aromatic N) is 1. The first-order chi connectivity index (χ1) is 12.7. The van der Waals surface area contributed by atoms with Gasteiger partial charge in [-0.3, -0.25) is 4.79 Å². The van der Waals surface area contributed by atoms with Crippen LogP contribution in [0.4, 0.5) is 5.69 Å². The fraction of sp³-hybridized carbons (Fsp3) is 0.238. The van der Waals surface area contributed by atoms with Crippen LogP contribution in [0.3, 0.4) is 0 Å². The standard InChI is InChI=1S/C21H20N2O2S/c1-14-11-18(25-23-14)13-26-20-8-3-2-7-19(20)21(24)22-17-10-9-15-5-4-6-16(15)12-17/h2-3,7-12H,4-6,13H2,1H3,(H,22,24). The lowest BCUT2D eigenvalue weighted by molar-refractivity contribution is 0.102. The Morgan fingerprint density at radius 1 is 1.15 bits per heavy atom. The Hall–Kier alpha value is -2.53. The number of fused-ring (bicyclic) bond motifs is 1. The van der Waals surface area contributed by atoms with Gasteiger partial charge >= 0.3 is 0 Å². The molecule has 2 aromatic carbocycles. The fourth-order valence-corrected chi connectivity index (χ4v) is 4.19. The van der Waals surface area contributed by atoms with E-state index in [0.717, 1.165) is 34.9 Å². The molecule has 132 valence electrons.